The van der Waals surface area contributed by atoms with Crippen LogP contribution in [0.4, 0.5) is 5.69 Å². The third kappa shape index (κ3) is 2.55. The number of halogens is 1. The smallest absolute Gasteiger partial charge is 0.253 e. The fourth-order valence-corrected chi connectivity index (χ4v) is 2.45. The summed E-state index contributed by atoms with van der Waals surface area (Å²) < 4.78 is 0.891. The van der Waals surface area contributed by atoms with E-state index in [0.29, 0.717) is 17.3 Å². The predicted molar refractivity (Wildman–Crippen MR) is 68.3 cm³/mol. The molecule has 0 heterocycles. The number of hydrogen-bond acceptors (Lipinski definition) is 2. The zero-order chi connectivity index (χ0) is 11.5. The first-order valence-electron chi connectivity index (χ1n) is 5.52. The van der Waals surface area contributed by atoms with Crippen molar-refractivity contribution < 1.29 is 4.79 Å². The summed E-state index contributed by atoms with van der Waals surface area (Å²) in [6, 6.07) is 5.67. The predicted octanol–water partition coefficient (Wildman–Crippen LogP) is 2.70. The van der Waals surface area contributed by atoms with Crippen LogP contribution in [0.2, 0.25) is 0 Å². The lowest BCUT2D eigenvalue weighted by atomic mass is 10.1. The molecule has 3 nitrogen and oxygen atoms in total. The zero-order valence-electron chi connectivity index (χ0n) is 9.00. The van der Waals surface area contributed by atoms with Gasteiger partial charge in [0.1, 0.15) is 0 Å². The van der Waals surface area contributed by atoms with Gasteiger partial charge in [0.15, 0.2) is 0 Å². The monoisotopic (exact) mass is 282 g/mol. The zero-order valence-corrected chi connectivity index (χ0v) is 10.6. The first-order valence-corrected chi connectivity index (χ1v) is 6.32. The average molecular weight is 283 g/mol. The number of nitrogens with two attached hydrogens (primary N) is 1. The third-order valence-electron chi connectivity index (χ3n) is 2.95. The first kappa shape index (κ1) is 11.5. The van der Waals surface area contributed by atoms with Crippen LogP contribution in [0.1, 0.15) is 36.0 Å². The average Bonchev–Trinajstić information content (AvgIpc) is 2.70. The van der Waals surface area contributed by atoms with Gasteiger partial charge >= 0.3 is 0 Å². The quantitative estimate of drug-likeness (QED) is 0.820. The number of carbonyl (C=O) groups excluding carboxylic acids is 1. The number of rotatable bonds is 2. The minimum absolute atomic E-state index is 0.0584. The van der Waals surface area contributed by atoms with Gasteiger partial charge in [-0.3, -0.25) is 4.79 Å². The van der Waals surface area contributed by atoms with E-state index in [1.165, 1.54) is 12.8 Å². The Morgan fingerprint density at radius 3 is 2.69 bits per heavy atom. The van der Waals surface area contributed by atoms with Crippen molar-refractivity contribution in [2.45, 2.75) is 31.7 Å². The van der Waals surface area contributed by atoms with Crippen molar-refractivity contribution in [1.82, 2.24) is 5.32 Å². The Hall–Kier alpha value is -1.03. The van der Waals surface area contributed by atoms with E-state index in [4.69, 9.17) is 5.73 Å². The molecular formula is C12H15BrN2O. The highest BCUT2D eigenvalue weighted by atomic mass is 79.9. The molecule has 1 fully saturated rings. The van der Waals surface area contributed by atoms with Crippen LogP contribution >= 0.6 is 15.9 Å². The van der Waals surface area contributed by atoms with Crippen LogP contribution in [0.5, 0.6) is 0 Å². The molecule has 1 aromatic carbocycles. The molecule has 0 radical (unpaired) electrons. The van der Waals surface area contributed by atoms with Gasteiger partial charge in [0.05, 0.1) is 5.56 Å². The third-order valence-corrected chi connectivity index (χ3v) is 3.44. The van der Waals surface area contributed by atoms with Crippen molar-refractivity contribution in [3.63, 3.8) is 0 Å². The van der Waals surface area contributed by atoms with Gasteiger partial charge in [-0.25, -0.2) is 0 Å². The standard InChI is InChI=1S/C12H15BrN2O/c13-8-5-6-10(11(14)7-8)12(16)15-9-3-1-2-4-9/h5-7,9H,1-4,14H2,(H,15,16). The van der Waals surface area contributed by atoms with Crippen molar-refractivity contribution in [3.05, 3.63) is 28.2 Å². The van der Waals surface area contributed by atoms with Crippen LogP contribution in [-0.2, 0) is 0 Å². The molecule has 3 N–H and O–H groups in total. The Balaban J connectivity index is 2.08. The van der Waals surface area contributed by atoms with E-state index in [0.717, 1.165) is 17.3 Å². The summed E-state index contributed by atoms with van der Waals surface area (Å²) in [7, 11) is 0. The number of carbonyl (C=O) groups is 1. The van der Waals surface area contributed by atoms with Gasteiger partial charge < -0.3 is 11.1 Å². The highest BCUT2D eigenvalue weighted by molar-refractivity contribution is 9.10. The van der Waals surface area contributed by atoms with Gasteiger partial charge in [-0.2, -0.15) is 0 Å². The van der Waals surface area contributed by atoms with E-state index in [-0.39, 0.29) is 5.91 Å². The Bertz CT molecular complexity index is 400. The molecule has 1 aliphatic carbocycles. The maximum Gasteiger partial charge on any atom is 0.253 e. The molecule has 1 amide bonds. The number of nitrogen functional groups attached to an aromatic ring is 1. The Kier molecular flexibility index (Phi) is 3.49. The molecule has 1 saturated carbocycles. The fraction of sp³-hybridized carbons (Fsp3) is 0.417. The number of anilines is 1. The number of hydrogen-bond donors (Lipinski definition) is 2. The molecule has 0 aliphatic heterocycles. The summed E-state index contributed by atoms with van der Waals surface area (Å²) in [6.07, 6.45) is 4.59. The highest BCUT2D eigenvalue weighted by Crippen LogP contribution is 2.21. The fourth-order valence-electron chi connectivity index (χ4n) is 2.07. The SMILES string of the molecule is Nc1cc(Br)ccc1C(=O)NC1CCCC1. The van der Waals surface area contributed by atoms with E-state index >= 15 is 0 Å². The van der Waals surface area contributed by atoms with Crippen molar-refractivity contribution in [2.24, 2.45) is 0 Å². The normalized spacial score (nSPS) is 16.3. The van der Waals surface area contributed by atoms with Crippen molar-refractivity contribution >= 4 is 27.5 Å². The van der Waals surface area contributed by atoms with E-state index in [1.807, 2.05) is 6.07 Å². The van der Waals surface area contributed by atoms with Gasteiger partial charge in [0.2, 0.25) is 0 Å². The van der Waals surface area contributed by atoms with Crippen molar-refractivity contribution in [1.29, 1.82) is 0 Å². The maximum atomic E-state index is 11.9. The molecule has 0 spiro atoms. The van der Waals surface area contributed by atoms with Gasteiger partial charge in [0.25, 0.3) is 5.91 Å². The molecular weight excluding hydrogens is 268 g/mol. The number of benzene rings is 1. The van der Waals surface area contributed by atoms with E-state index in [9.17, 15) is 4.79 Å². The summed E-state index contributed by atoms with van der Waals surface area (Å²) in [4.78, 5) is 11.9. The first-order chi connectivity index (χ1) is 7.66. The summed E-state index contributed by atoms with van der Waals surface area (Å²) >= 11 is 3.32. The Morgan fingerprint density at radius 1 is 1.38 bits per heavy atom. The molecule has 16 heavy (non-hydrogen) atoms. The minimum Gasteiger partial charge on any atom is -0.398 e. The van der Waals surface area contributed by atoms with Gasteiger partial charge in [0, 0.05) is 16.2 Å². The number of amides is 1. The van der Waals surface area contributed by atoms with Crippen LogP contribution in [0.15, 0.2) is 22.7 Å². The van der Waals surface area contributed by atoms with Crippen molar-refractivity contribution in [3.8, 4) is 0 Å². The van der Waals surface area contributed by atoms with E-state index in [1.54, 1.807) is 12.1 Å². The Morgan fingerprint density at radius 2 is 2.06 bits per heavy atom. The molecule has 0 saturated heterocycles. The summed E-state index contributed by atoms with van der Waals surface area (Å²) in [5, 5.41) is 3.02. The molecule has 0 atom stereocenters. The molecule has 0 unspecified atom stereocenters. The minimum atomic E-state index is -0.0584. The molecule has 2 rings (SSSR count). The van der Waals surface area contributed by atoms with E-state index < -0.39 is 0 Å². The maximum absolute atomic E-state index is 11.9. The molecule has 4 heteroatoms. The lowest BCUT2D eigenvalue weighted by Gasteiger charge is -2.13. The van der Waals surface area contributed by atoms with Crippen LogP contribution in [0, 0.1) is 0 Å². The molecule has 1 aromatic rings. The van der Waals surface area contributed by atoms with Crippen LogP contribution in [0.3, 0.4) is 0 Å². The molecule has 0 aromatic heterocycles. The summed E-state index contributed by atoms with van der Waals surface area (Å²) in [6.45, 7) is 0. The molecule has 0 bridgehead atoms. The Labute approximate surface area is 104 Å². The summed E-state index contributed by atoms with van der Waals surface area (Å²) in [5.74, 6) is -0.0584. The molecule has 86 valence electrons. The number of nitrogens with one attached hydrogen (secondary N) is 1. The van der Waals surface area contributed by atoms with Crippen molar-refractivity contribution in [2.75, 3.05) is 5.73 Å². The van der Waals surface area contributed by atoms with Gasteiger partial charge in [-0.05, 0) is 31.0 Å². The second-order valence-electron chi connectivity index (χ2n) is 4.19. The summed E-state index contributed by atoms with van der Waals surface area (Å²) in [5.41, 5.74) is 6.89. The van der Waals surface area contributed by atoms with Gasteiger partial charge in [-0.1, -0.05) is 28.8 Å². The lowest BCUT2D eigenvalue weighted by Crippen LogP contribution is -2.33. The topological polar surface area (TPSA) is 55.1 Å². The largest absolute Gasteiger partial charge is 0.398 e. The van der Waals surface area contributed by atoms with Crippen LogP contribution in [-0.4, -0.2) is 11.9 Å². The lowest BCUT2D eigenvalue weighted by molar-refractivity contribution is 0.0939. The van der Waals surface area contributed by atoms with Gasteiger partial charge in [-0.15, -0.1) is 0 Å². The van der Waals surface area contributed by atoms with Crippen LogP contribution in [0.25, 0.3) is 0 Å². The second kappa shape index (κ2) is 4.87. The van der Waals surface area contributed by atoms with Crippen LogP contribution < -0.4 is 11.1 Å². The molecule has 1 aliphatic rings. The second-order valence-corrected chi connectivity index (χ2v) is 5.10. The van der Waals surface area contributed by atoms with E-state index in [2.05, 4.69) is 21.2 Å². The highest BCUT2D eigenvalue weighted by Gasteiger charge is 2.18.